The van der Waals surface area contributed by atoms with E-state index in [9.17, 15) is 19.8 Å². The fraction of sp³-hybridized carbons (Fsp3) is 0.905. The smallest absolute Gasteiger partial charge is 0.252 e. The highest BCUT2D eigenvalue weighted by Crippen LogP contribution is 1.94. The lowest BCUT2D eigenvalue weighted by Crippen LogP contribution is -2.50. The molecule has 2 amide bonds. The predicted molar refractivity (Wildman–Crippen MR) is 126 cm³/mol. The second-order valence-electron chi connectivity index (χ2n) is 7.04. The topological polar surface area (TPSA) is 192 Å². The van der Waals surface area contributed by atoms with Crippen molar-refractivity contribution < 1.29 is 48.2 Å². The number of hydrogen-bond donors (Lipinski definition) is 6. The number of aliphatic hydroxyl groups is 2. The zero-order valence-corrected chi connectivity index (χ0v) is 20.7. The molecule has 0 rings (SSSR count). The molecule has 0 bridgehead atoms. The van der Waals surface area contributed by atoms with Crippen molar-refractivity contribution in [1.82, 2.24) is 16.0 Å². The Morgan fingerprint density at radius 3 is 1.26 bits per heavy atom. The maximum Gasteiger partial charge on any atom is 0.252 e. The maximum atomic E-state index is 11.9. The largest absolute Gasteiger partial charge is 0.380 e. The predicted octanol–water partition coefficient (Wildman–Crippen LogP) is -3.78. The first-order valence-corrected chi connectivity index (χ1v) is 11.8. The van der Waals surface area contributed by atoms with E-state index in [1.807, 2.05) is 7.05 Å². The lowest BCUT2D eigenvalue weighted by molar-refractivity contribution is -0.146. The number of nitrogens with two attached hydrogens (primary N) is 1. The normalized spacial score (nSPS) is 12.9. The number of hydrogen-bond acceptors (Lipinski definition) is 12. The summed E-state index contributed by atoms with van der Waals surface area (Å²) < 4.78 is 31.6. The van der Waals surface area contributed by atoms with Crippen LogP contribution in [0, 0.1) is 0 Å². The highest BCUT2D eigenvalue weighted by Gasteiger charge is 2.29. The molecule has 35 heavy (non-hydrogen) atoms. The van der Waals surface area contributed by atoms with Crippen molar-refractivity contribution in [2.75, 3.05) is 113 Å². The van der Waals surface area contributed by atoms with Crippen LogP contribution in [0.25, 0.3) is 0 Å². The third-order valence-electron chi connectivity index (χ3n) is 4.17. The van der Waals surface area contributed by atoms with Crippen LogP contribution in [0.4, 0.5) is 0 Å². The van der Waals surface area contributed by atoms with Gasteiger partial charge in [0, 0.05) is 26.2 Å². The second kappa shape index (κ2) is 25.6. The summed E-state index contributed by atoms with van der Waals surface area (Å²) in [5.74, 6) is -1.76. The Labute approximate surface area is 207 Å². The van der Waals surface area contributed by atoms with Crippen molar-refractivity contribution in [2.24, 2.45) is 5.73 Å². The molecule has 0 aliphatic rings. The van der Waals surface area contributed by atoms with Crippen molar-refractivity contribution in [3.63, 3.8) is 0 Å². The molecule has 0 radical (unpaired) electrons. The first-order valence-electron chi connectivity index (χ1n) is 11.8. The van der Waals surface area contributed by atoms with Crippen LogP contribution in [0.1, 0.15) is 0 Å². The van der Waals surface area contributed by atoms with E-state index in [-0.39, 0.29) is 26.3 Å². The number of aliphatic hydroxyl groups excluding tert-OH is 2. The molecule has 2 atom stereocenters. The molecule has 0 saturated heterocycles. The standard InChI is InChI=1S/C21H44N4O10/c1-23-3-7-31-11-15-35-17-13-33-9-5-25-21(29)19(27)18(26)20(28)24-4-8-32-12-16-34-14-10-30-6-2-22/h18-19,23,26-27H,2-17,22H2,1H3,(H,24,28)(H,25,29)/t18-,19-/m1/s1. The minimum absolute atomic E-state index is 0.0990. The van der Waals surface area contributed by atoms with Gasteiger partial charge in [-0.2, -0.15) is 0 Å². The minimum Gasteiger partial charge on any atom is -0.380 e. The molecule has 0 spiro atoms. The lowest BCUT2D eigenvalue weighted by atomic mass is 10.2. The van der Waals surface area contributed by atoms with Crippen molar-refractivity contribution in [1.29, 1.82) is 0 Å². The van der Waals surface area contributed by atoms with Gasteiger partial charge in [-0.25, -0.2) is 0 Å². The quantitative estimate of drug-likeness (QED) is 0.0621. The summed E-state index contributed by atoms with van der Waals surface area (Å²) in [5, 5.41) is 27.4. The molecular weight excluding hydrogens is 468 g/mol. The van der Waals surface area contributed by atoms with Crippen LogP contribution < -0.4 is 21.7 Å². The zero-order chi connectivity index (χ0) is 26.0. The summed E-state index contributed by atoms with van der Waals surface area (Å²) >= 11 is 0. The van der Waals surface area contributed by atoms with Crippen LogP contribution >= 0.6 is 0 Å². The fourth-order valence-corrected chi connectivity index (χ4v) is 2.33. The van der Waals surface area contributed by atoms with E-state index in [4.69, 9.17) is 34.2 Å². The summed E-state index contributed by atoms with van der Waals surface area (Å²) in [6, 6.07) is 0. The van der Waals surface area contributed by atoms with Gasteiger partial charge in [0.15, 0.2) is 12.2 Å². The van der Waals surface area contributed by atoms with Crippen LogP contribution in [-0.4, -0.2) is 147 Å². The third-order valence-corrected chi connectivity index (χ3v) is 4.17. The van der Waals surface area contributed by atoms with Gasteiger partial charge in [0.1, 0.15) is 0 Å². The van der Waals surface area contributed by atoms with Crippen molar-refractivity contribution in [3.05, 3.63) is 0 Å². The third kappa shape index (κ3) is 21.5. The Bertz CT molecular complexity index is 505. The Hall–Kier alpha value is -1.46. The van der Waals surface area contributed by atoms with Gasteiger partial charge in [-0.15, -0.1) is 0 Å². The van der Waals surface area contributed by atoms with Gasteiger partial charge in [0.05, 0.1) is 79.3 Å². The van der Waals surface area contributed by atoms with Crippen molar-refractivity contribution in [2.45, 2.75) is 12.2 Å². The highest BCUT2D eigenvalue weighted by molar-refractivity contribution is 5.90. The molecule has 0 heterocycles. The van der Waals surface area contributed by atoms with Crippen LogP contribution in [0.3, 0.4) is 0 Å². The number of carbonyl (C=O) groups excluding carboxylic acids is 2. The minimum atomic E-state index is -1.91. The molecule has 0 saturated carbocycles. The Balaban J connectivity index is 3.61. The Morgan fingerprint density at radius 2 is 0.914 bits per heavy atom. The number of rotatable bonds is 26. The Kier molecular flexibility index (Phi) is 24.6. The van der Waals surface area contributed by atoms with Crippen LogP contribution in [0.2, 0.25) is 0 Å². The van der Waals surface area contributed by atoms with E-state index in [1.54, 1.807) is 0 Å². The first-order chi connectivity index (χ1) is 17.0. The van der Waals surface area contributed by atoms with E-state index in [2.05, 4.69) is 16.0 Å². The summed E-state index contributed by atoms with van der Waals surface area (Å²) in [6.45, 7) is 6.16. The number of amides is 2. The van der Waals surface area contributed by atoms with E-state index < -0.39 is 24.0 Å². The molecule has 208 valence electrons. The molecule has 14 nitrogen and oxygen atoms in total. The summed E-state index contributed by atoms with van der Waals surface area (Å²) in [5.41, 5.74) is 5.29. The molecule has 0 aliphatic carbocycles. The molecule has 7 N–H and O–H groups in total. The summed E-state index contributed by atoms with van der Waals surface area (Å²) in [7, 11) is 1.85. The summed E-state index contributed by atoms with van der Waals surface area (Å²) in [6.07, 6.45) is -3.81. The van der Waals surface area contributed by atoms with E-state index in [0.717, 1.165) is 6.54 Å². The number of likely N-dealkylation sites (N-methyl/N-ethyl adjacent to an activating group) is 1. The molecule has 0 unspecified atom stereocenters. The van der Waals surface area contributed by atoms with E-state index >= 15 is 0 Å². The molecule has 0 aromatic carbocycles. The van der Waals surface area contributed by atoms with Gasteiger partial charge >= 0.3 is 0 Å². The molecule has 0 aliphatic heterocycles. The molecule has 0 aromatic heterocycles. The van der Waals surface area contributed by atoms with Crippen molar-refractivity contribution >= 4 is 11.8 Å². The fourth-order valence-electron chi connectivity index (χ4n) is 2.33. The van der Waals surface area contributed by atoms with E-state index in [1.165, 1.54) is 0 Å². The first kappa shape index (κ1) is 33.5. The van der Waals surface area contributed by atoms with Gasteiger partial charge < -0.3 is 60.3 Å². The number of nitrogens with one attached hydrogen (secondary N) is 3. The zero-order valence-electron chi connectivity index (χ0n) is 20.7. The summed E-state index contributed by atoms with van der Waals surface area (Å²) in [4.78, 5) is 23.7. The Morgan fingerprint density at radius 1 is 0.600 bits per heavy atom. The molecule has 0 aromatic rings. The SMILES string of the molecule is CNCCOCCOCCOCCNC(=O)[C@H](O)[C@@H](O)C(=O)NCCOCCOCCOCCN. The molecule has 0 fully saturated rings. The molecular formula is C21H44N4O10. The van der Waals surface area contributed by atoms with Crippen LogP contribution in [0.15, 0.2) is 0 Å². The van der Waals surface area contributed by atoms with Crippen LogP contribution in [0.5, 0.6) is 0 Å². The van der Waals surface area contributed by atoms with Gasteiger partial charge in [-0.1, -0.05) is 0 Å². The van der Waals surface area contributed by atoms with Gasteiger partial charge in [0.2, 0.25) is 0 Å². The molecule has 14 heteroatoms. The monoisotopic (exact) mass is 512 g/mol. The van der Waals surface area contributed by atoms with Crippen LogP contribution in [-0.2, 0) is 38.0 Å². The number of carbonyl (C=O) groups is 2. The van der Waals surface area contributed by atoms with Gasteiger partial charge in [-0.3, -0.25) is 9.59 Å². The van der Waals surface area contributed by atoms with E-state index in [0.29, 0.717) is 72.6 Å². The van der Waals surface area contributed by atoms with Crippen molar-refractivity contribution in [3.8, 4) is 0 Å². The average molecular weight is 513 g/mol. The second-order valence-corrected chi connectivity index (χ2v) is 7.04. The highest BCUT2D eigenvalue weighted by atomic mass is 16.5. The average Bonchev–Trinajstić information content (AvgIpc) is 2.86. The van der Waals surface area contributed by atoms with Gasteiger partial charge in [0.25, 0.3) is 11.8 Å². The lowest BCUT2D eigenvalue weighted by Gasteiger charge is -2.17. The van der Waals surface area contributed by atoms with Gasteiger partial charge in [-0.05, 0) is 7.05 Å². The number of ether oxygens (including phenoxy) is 6. The maximum absolute atomic E-state index is 11.9.